The quantitative estimate of drug-likeness (QED) is 0.815. The molecule has 1 atom stereocenters. The predicted octanol–water partition coefficient (Wildman–Crippen LogP) is 3.95. The number of ether oxygens (including phenoxy) is 1. The highest BCUT2D eigenvalue weighted by molar-refractivity contribution is 8.14. The molecule has 0 fully saturated rings. The SMILES string of the molecule is NC1=NC=C(c2cc(Cl)c3c(c2)NC(=O)CO3)C(c2ccc(F)cc2)S1. The van der Waals surface area contributed by atoms with Gasteiger partial charge in [-0.2, -0.15) is 0 Å². The van der Waals surface area contributed by atoms with Crippen LogP contribution >= 0.6 is 23.4 Å². The average Bonchev–Trinajstić information content (AvgIpc) is 2.62. The van der Waals surface area contributed by atoms with Crippen molar-refractivity contribution in [2.24, 2.45) is 10.7 Å². The minimum absolute atomic E-state index is 0.0658. The second-order valence-corrected chi connectivity index (χ2v) is 7.31. The summed E-state index contributed by atoms with van der Waals surface area (Å²) >= 11 is 7.70. The largest absolute Gasteiger partial charge is 0.480 e. The third-order valence-electron chi connectivity index (χ3n) is 4.02. The molecule has 5 nitrogen and oxygen atoms in total. The molecule has 0 spiro atoms. The third kappa shape index (κ3) is 3.15. The lowest BCUT2D eigenvalue weighted by Gasteiger charge is -2.25. The van der Waals surface area contributed by atoms with Crippen molar-refractivity contribution in [3.05, 3.63) is 64.6 Å². The van der Waals surface area contributed by atoms with E-state index < -0.39 is 0 Å². The Bertz CT molecular complexity index is 960. The number of carbonyl (C=O) groups excluding carboxylic acids is 1. The van der Waals surface area contributed by atoms with E-state index in [1.807, 2.05) is 0 Å². The van der Waals surface area contributed by atoms with Crippen LogP contribution in [0.3, 0.4) is 0 Å². The van der Waals surface area contributed by atoms with E-state index >= 15 is 0 Å². The monoisotopic (exact) mass is 389 g/mol. The van der Waals surface area contributed by atoms with E-state index in [-0.39, 0.29) is 23.6 Å². The zero-order valence-electron chi connectivity index (χ0n) is 13.3. The molecule has 8 heteroatoms. The molecule has 0 aliphatic carbocycles. The molecule has 0 saturated carbocycles. The lowest BCUT2D eigenvalue weighted by Crippen LogP contribution is -2.25. The Morgan fingerprint density at radius 1 is 1.31 bits per heavy atom. The van der Waals surface area contributed by atoms with E-state index in [2.05, 4.69) is 10.3 Å². The number of hydrogen-bond acceptors (Lipinski definition) is 5. The van der Waals surface area contributed by atoms with Crippen molar-refractivity contribution in [1.29, 1.82) is 0 Å². The smallest absolute Gasteiger partial charge is 0.262 e. The molecule has 4 rings (SSSR count). The molecule has 0 radical (unpaired) electrons. The fraction of sp³-hybridized carbons (Fsp3) is 0.111. The Labute approximate surface area is 158 Å². The summed E-state index contributed by atoms with van der Waals surface area (Å²) in [6, 6.07) is 9.79. The highest BCUT2D eigenvalue weighted by atomic mass is 35.5. The Hall–Kier alpha value is -2.51. The van der Waals surface area contributed by atoms with Gasteiger partial charge in [-0.05, 0) is 41.0 Å². The van der Waals surface area contributed by atoms with Crippen molar-refractivity contribution in [3.63, 3.8) is 0 Å². The molecule has 0 saturated heterocycles. The van der Waals surface area contributed by atoms with Crippen molar-refractivity contribution in [1.82, 2.24) is 0 Å². The first-order valence-corrected chi connectivity index (χ1v) is 8.99. The van der Waals surface area contributed by atoms with Crippen LogP contribution in [0.2, 0.25) is 5.02 Å². The molecule has 3 N–H and O–H groups in total. The Morgan fingerprint density at radius 2 is 2.08 bits per heavy atom. The molecule has 1 unspecified atom stereocenters. The van der Waals surface area contributed by atoms with E-state index in [0.717, 1.165) is 16.7 Å². The van der Waals surface area contributed by atoms with Gasteiger partial charge >= 0.3 is 0 Å². The maximum absolute atomic E-state index is 13.3. The number of benzene rings is 2. The number of nitrogens with zero attached hydrogens (tertiary/aromatic N) is 1. The molecule has 2 aromatic carbocycles. The van der Waals surface area contributed by atoms with E-state index in [1.54, 1.807) is 30.5 Å². The number of thioether (sulfide) groups is 1. The standard InChI is InChI=1S/C18H13ClFN3O2S/c19-13-5-10(6-14-16(13)25-8-15(24)23-14)12-7-22-18(21)26-17(12)9-1-3-11(20)4-2-9/h1-7,17H,8H2,(H2,21,22)(H,23,24). The lowest BCUT2D eigenvalue weighted by atomic mass is 9.97. The number of anilines is 1. The highest BCUT2D eigenvalue weighted by Gasteiger charge is 2.27. The molecular weight excluding hydrogens is 377 g/mol. The second-order valence-electron chi connectivity index (χ2n) is 5.77. The van der Waals surface area contributed by atoms with Crippen LogP contribution in [0.5, 0.6) is 5.75 Å². The molecule has 2 aliphatic heterocycles. The van der Waals surface area contributed by atoms with Crippen LogP contribution in [-0.4, -0.2) is 17.7 Å². The summed E-state index contributed by atoms with van der Waals surface area (Å²) in [6.45, 7) is -0.0658. The van der Waals surface area contributed by atoms with Gasteiger partial charge in [-0.25, -0.2) is 9.38 Å². The first kappa shape index (κ1) is 16.9. The fourth-order valence-electron chi connectivity index (χ4n) is 2.85. The number of nitrogens with two attached hydrogens (primary N) is 1. The van der Waals surface area contributed by atoms with Gasteiger partial charge in [0.2, 0.25) is 0 Å². The number of nitrogens with one attached hydrogen (secondary N) is 1. The fourth-order valence-corrected chi connectivity index (χ4v) is 4.10. The molecule has 2 aliphatic rings. The zero-order valence-corrected chi connectivity index (χ0v) is 14.9. The summed E-state index contributed by atoms with van der Waals surface area (Å²) in [6.07, 6.45) is 1.67. The van der Waals surface area contributed by atoms with Crippen LogP contribution in [0, 0.1) is 5.82 Å². The van der Waals surface area contributed by atoms with Crippen LogP contribution in [0.25, 0.3) is 5.57 Å². The van der Waals surface area contributed by atoms with Crippen LogP contribution in [0.1, 0.15) is 16.4 Å². The number of halogens is 2. The van der Waals surface area contributed by atoms with Crippen molar-refractivity contribution in [2.75, 3.05) is 11.9 Å². The van der Waals surface area contributed by atoms with Gasteiger partial charge in [-0.3, -0.25) is 4.79 Å². The maximum atomic E-state index is 13.3. The first-order valence-electron chi connectivity index (χ1n) is 7.73. The predicted molar refractivity (Wildman–Crippen MR) is 102 cm³/mol. The van der Waals surface area contributed by atoms with Gasteiger partial charge in [0.1, 0.15) is 5.82 Å². The van der Waals surface area contributed by atoms with E-state index in [1.165, 1.54) is 23.9 Å². The highest BCUT2D eigenvalue weighted by Crippen LogP contribution is 2.46. The Balaban J connectivity index is 1.79. The minimum Gasteiger partial charge on any atom is -0.480 e. The van der Waals surface area contributed by atoms with Crippen molar-refractivity contribution in [3.8, 4) is 5.75 Å². The molecule has 0 aromatic heterocycles. The third-order valence-corrected chi connectivity index (χ3v) is 5.41. The molecule has 132 valence electrons. The molecule has 26 heavy (non-hydrogen) atoms. The molecule has 0 bridgehead atoms. The molecule has 2 heterocycles. The summed E-state index contributed by atoms with van der Waals surface area (Å²) in [7, 11) is 0. The number of carbonyl (C=O) groups is 1. The summed E-state index contributed by atoms with van der Waals surface area (Å²) in [5, 5.41) is 3.39. The number of amides is 1. The number of hydrogen-bond donors (Lipinski definition) is 2. The van der Waals surface area contributed by atoms with E-state index in [9.17, 15) is 9.18 Å². The number of amidine groups is 1. The van der Waals surface area contributed by atoms with Crippen LogP contribution in [0.15, 0.2) is 47.6 Å². The van der Waals surface area contributed by atoms with Gasteiger partial charge in [-0.15, -0.1) is 0 Å². The molecular formula is C18H13ClFN3O2S. The topological polar surface area (TPSA) is 76.7 Å². The first-order chi connectivity index (χ1) is 12.5. The van der Waals surface area contributed by atoms with Crippen LogP contribution in [0.4, 0.5) is 10.1 Å². The van der Waals surface area contributed by atoms with Gasteiger partial charge in [0.15, 0.2) is 17.5 Å². The second kappa shape index (κ2) is 6.66. The average molecular weight is 390 g/mol. The van der Waals surface area contributed by atoms with Crippen LogP contribution < -0.4 is 15.8 Å². The van der Waals surface area contributed by atoms with E-state index in [4.69, 9.17) is 22.1 Å². The zero-order chi connectivity index (χ0) is 18.3. The maximum Gasteiger partial charge on any atom is 0.262 e. The summed E-state index contributed by atoms with van der Waals surface area (Å²) in [5.41, 5.74) is 8.90. The number of rotatable bonds is 2. The number of fused-ring (bicyclic) bond motifs is 1. The van der Waals surface area contributed by atoms with Crippen molar-refractivity contribution >= 4 is 45.7 Å². The molecule has 2 aromatic rings. The van der Waals surface area contributed by atoms with Gasteiger partial charge < -0.3 is 15.8 Å². The van der Waals surface area contributed by atoms with Gasteiger partial charge in [0, 0.05) is 6.20 Å². The van der Waals surface area contributed by atoms with Crippen molar-refractivity contribution < 1.29 is 13.9 Å². The van der Waals surface area contributed by atoms with Crippen LogP contribution in [-0.2, 0) is 4.79 Å². The summed E-state index contributed by atoms with van der Waals surface area (Å²) in [5.74, 6) is -0.103. The van der Waals surface area contributed by atoms with Crippen molar-refractivity contribution in [2.45, 2.75) is 5.25 Å². The summed E-state index contributed by atoms with van der Waals surface area (Å²) < 4.78 is 18.7. The van der Waals surface area contributed by atoms with E-state index in [0.29, 0.717) is 21.6 Å². The number of aliphatic imine (C=N–C) groups is 1. The Kier molecular flexibility index (Phi) is 4.34. The normalized spacial score (nSPS) is 19.0. The molecule has 1 amide bonds. The summed E-state index contributed by atoms with van der Waals surface area (Å²) in [4.78, 5) is 15.8. The van der Waals surface area contributed by atoms with Gasteiger partial charge in [-0.1, -0.05) is 35.5 Å². The lowest BCUT2D eigenvalue weighted by molar-refractivity contribution is -0.118. The Morgan fingerprint density at radius 3 is 2.85 bits per heavy atom. The van der Waals surface area contributed by atoms with Gasteiger partial charge in [0.25, 0.3) is 5.91 Å². The minimum atomic E-state index is -0.307. The van der Waals surface area contributed by atoms with Gasteiger partial charge in [0.05, 0.1) is 16.0 Å².